The number of imide groups is 1. The molecule has 0 saturated carbocycles. The number of halogens is 12. The molecule has 8 aliphatic rings. The Bertz CT molecular complexity index is 4180. The molecular weight excluding hydrogens is 1500 g/mol. The van der Waals surface area contributed by atoms with Crippen LogP contribution in [-0.4, -0.2) is 136 Å². The van der Waals surface area contributed by atoms with Gasteiger partial charge in [-0.3, -0.25) is 43.7 Å². The maximum atomic E-state index is 12.1. The third-order valence-electron chi connectivity index (χ3n) is 15.0. The van der Waals surface area contributed by atoms with E-state index in [2.05, 4.69) is 42.7 Å². The first-order valence-corrected chi connectivity index (χ1v) is 33.0. The van der Waals surface area contributed by atoms with Crippen molar-refractivity contribution in [3.8, 4) is 0 Å². The predicted octanol–water partition coefficient (Wildman–Crippen LogP) is 13.6. The summed E-state index contributed by atoms with van der Waals surface area (Å²) in [7, 11) is 2.63. The van der Waals surface area contributed by atoms with Gasteiger partial charge in [0.2, 0.25) is 0 Å². The molecule has 0 radical (unpaired) electrons. The lowest BCUT2D eigenvalue weighted by atomic mass is 10.1. The van der Waals surface area contributed by atoms with Crippen LogP contribution in [0.1, 0.15) is 106 Å². The van der Waals surface area contributed by atoms with Gasteiger partial charge in [0.05, 0.1) is 85.6 Å². The Kier molecular flexibility index (Phi) is 24.1. The summed E-state index contributed by atoms with van der Waals surface area (Å²) in [5.41, 5.74) is 11.7. The molecule has 496 valence electrons. The smallest absolute Gasteiger partial charge is 0.325 e. The van der Waals surface area contributed by atoms with E-state index in [4.69, 9.17) is 151 Å². The quantitative estimate of drug-likeness (QED) is 0.0767. The van der Waals surface area contributed by atoms with Gasteiger partial charge in [0.1, 0.15) is 31.2 Å². The topological polar surface area (TPSA) is 232 Å². The molecule has 6 amide bonds. The normalized spacial score (nSPS) is 15.3. The average molecular weight is 1550 g/mol. The lowest BCUT2D eigenvalue weighted by Gasteiger charge is -2.29. The second kappa shape index (κ2) is 31.4. The number of nitrogens with one attached hydrogen (secondary N) is 3. The Balaban J connectivity index is 0.000000135. The molecule has 8 heterocycles. The zero-order valence-electron chi connectivity index (χ0n) is 49.6. The van der Waals surface area contributed by atoms with Gasteiger partial charge in [-0.05, 0) is 107 Å². The fourth-order valence-corrected chi connectivity index (χ4v) is 12.7. The van der Waals surface area contributed by atoms with Gasteiger partial charge in [-0.2, -0.15) is 10.2 Å². The van der Waals surface area contributed by atoms with Crippen molar-refractivity contribution in [3.05, 3.63) is 200 Å². The van der Waals surface area contributed by atoms with Crippen molar-refractivity contribution in [2.75, 3.05) is 46.9 Å². The molecule has 0 fully saturated rings. The third kappa shape index (κ3) is 16.8. The highest BCUT2D eigenvalue weighted by Gasteiger charge is 2.36. The molecule has 14 rings (SSSR count). The fraction of sp³-hybridized carbons (Fsp3) is 0.242. The molecule has 0 saturated heterocycles. The number of hydrazone groups is 2. The molecule has 8 aliphatic heterocycles. The minimum Gasteiger partial charge on any atom is -0.468 e. The van der Waals surface area contributed by atoms with E-state index in [1.165, 1.54) is 37.3 Å². The van der Waals surface area contributed by atoms with Crippen LogP contribution in [0.5, 0.6) is 0 Å². The van der Waals surface area contributed by atoms with Gasteiger partial charge in [0.15, 0.2) is 11.7 Å². The van der Waals surface area contributed by atoms with Crippen LogP contribution in [0, 0.1) is 0 Å². The summed E-state index contributed by atoms with van der Waals surface area (Å²) in [5.74, 6) is -0.422. The van der Waals surface area contributed by atoms with Gasteiger partial charge in [-0.1, -0.05) is 165 Å². The Morgan fingerprint density at radius 1 is 0.474 bits per heavy atom. The molecule has 0 atom stereocenters. The lowest BCUT2D eigenvalue weighted by molar-refractivity contribution is -0.142. The SMILES string of the molecule is CCCCN1N=C2c3cc(Cl)c(Cl)cc3CN2CC1=O.COC(=O)CN1Cc2cc(Cl)c(Cl)cc2C1=O.COC(=O)CN1Cc2cc(Cl)c(Cl)cc2C1=S.O=C1CN2Cc3cc(Cl)c(Cl)cc3C2=NN1.O=C1NC(=O)c2cc(Cl)c(Cl)cc21.O=C1NCc2cc(Cl)c(Cl)cc21. The lowest BCUT2D eigenvalue weighted by Crippen LogP contribution is -2.44. The van der Waals surface area contributed by atoms with Crippen LogP contribution < -0.4 is 16.1 Å². The molecule has 0 aromatic heterocycles. The number of ether oxygens (including phenoxy) is 2. The van der Waals surface area contributed by atoms with Gasteiger partial charge >= 0.3 is 11.9 Å². The van der Waals surface area contributed by atoms with E-state index < -0.39 is 17.8 Å². The molecule has 95 heavy (non-hydrogen) atoms. The summed E-state index contributed by atoms with van der Waals surface area (Å²) in [6.07, 6.45) is 1.99. The second-order valence-corrected chi connectivity index (χ2v) is 26.6. The van der Waals surface area contributed by atoms with Gasteiger partial charge in [0, 0.05) is 67.1 Å². The number of amides is 6. The third-order valence-corrected chi connectivity index (χ3v) is 19.8. The number of hydrogen-bond acceptors (Lipinski definition) is 15. The van der Waals surface area contributed by atoms with Gasteiger partial charge in [0.25, 0.3) is 35.4 Å². The molecule has 20 nitrogen and oxygen atoms in total. The van der Waals surface area contributed by atoms with Gasteiger partial charge in [-0.15, -0.1) is 0 Å². The maximum Gasteiger partial charge on any atom is 0.325 e. The van der Waals surface area contributed by atoms with E-state index in [0.29, 0.717) is 119 Å². The van der Waals surface area contributed by atoms with Crippen molar-refractivity contribution in [3.63, 3.8) is 0 Å². The molecule has 33 heteroatoms. The number of esters is 2. The molecular formula is C62H48Cl12N10O10S. The van der Waals surface area contributed by atoms with Crippen LogP contribution >= 0.6 is 151 Å². The van der Waals surface area contributed by atoms with Crippen molar-refractivity contribution in [1.82, 2.24) is 40.7 Å². The van der Waals surface area contributed by atoms with Crippen molar-refractivity contribution < 1.29 is 47.8 Å². The van der Waals surface area contributed by atoms with E-state index in [0.717, 1.165) is 69.0 Å². The van der Waals surface area contributed by atoms with Crippen LogP contribution in [-0.2, 0) is 61.4 Å². The van der Waals surface area contributed by atoms with Crippen molar-refractivity contribution in [1.29, 1.82) is 0 Å². The Morgan fingerprint density at radius 2 is 0.874 bits per heavy atom. The standard InChI is InChI=1S/C14H15Cl2N3O.C11H9Cl2NO3.C11H9Cl2NO2S.C10H7Cl2N3O.C8H3Cl2NO2.C8H5Cl2NO/c1-2-3-4-19-13(20)8-18-7-9-5-11(15)12(16)6-10(9)14(18)17-19;1-17-10(15)5-14-4-6-2-8(12)9(13)3-7(6)11(14)16;1-16-10(15)5-14-4-6-2-8(12)9(13)3-7(6)11(14)17;11-7-1-5-3-15-4-9(16)13-14-10(15)6(5)2-8(7)12;9-5-1-3-4(2-6(5)10)8(13)11-7(3)12;9-6-1-4-3-11-8(12)5(4)2-7(6)10/h5-6H,2-4,7-8H2,1H3;2*2-3H,4-5H2,1H3;1-2H,3-4H2,(H,13,16);1-2H,(H,11,12,13);1-2H,3H2,(H,11,12). The summed E-state index contributed by atoms with van der Waals surface area (Å²) >= 11 is 75.8. The predicted molar refractivity (Wildman–Crippen MR) is 371 cm³/mol. The number of unbranched alkanes of at least 4 members (excludes halogenated alkanes) is 1. The van der Waals surface area contributed by atoms with Crippen LogP contribution in [0.15, 0.2) is 83.0 Å². The zero-order valence-corrected chi connectivity index (χ0v) is 59.5. The first kappa shape index (κ1) is 72.8. The van der Waals surface area contributed by atoms with Crippen LogP contribution in [0.3, 0.4) is 0 Å². The summed E-state index contributed by atoms with van der Waals surface area (Å²) in [6.45, 7) is 6.29. The van der Waals surface area contributed by atoms with E-state index in [-0.39, 0.29) is 63.9 Å². The summed E-state index contributed by atoms with van der Waals surface area (Å²) in [5, 5.41) is 20.2. The first-order chi connectivity index (χ1) is 45.1. The largest absolute Gasteiger partial charge is 0.468 e. The number of carbonyl (C=O) groups is 8. The summed E-state index contributed by atoms with van der Waals surface area (Å²) in [6, 6.07) is 20.1. The minimum atomic E-state index is -0.455. The van der Waals surface area contributed by atoms with E-state index >= 15 is 0 Å². The molecule has 0 bridgehead atoms. The molecule has 0 spiro atoms. The second-order valence-electron chi connectivity index (χ2n) is 21.3. The minimum absolute atomic E-state index is 0.0483. The molecule has 0 aliphatic carbocycles. The number of methoxy groups -OCH3 is 2. The van der Waals surface area contributed by atoms with Gasteiger partial charge in [-0.25, -0.2) is 10.4 Å². The monoisotopic (exact) mass is 1540 g/mol. The number of fused-ring (bicyclic) bond motifs is 10. The summed E-state index contributed by atoms with van der Waals surface area (Å²) in [4.78, 5) is 98.5. The molecule has 3 N–H and O–H groups in total. The number of thiocarbonyl (C=S) groups is 1. The van der Waals surface area contributed by atoms with E-state index in [9.17, 15) is 38.4 Å². The molecule has 0 unspecified atom stereocenters. The molecule has 6 aromatic carbocycles. The highest BCUT2D eigenvalue weighted by atomic mass is 35.5. The number of benzene rings is 6. The maximum absolute atomic E-state index is 12.1. The van der Waals surface area contributed by atoms with Crippen LogP contribution in [0.4, 0.5) is 0 Å². The van der Waals surface area contributed by atoms with E-state index in [1.807, 2.05) is 28.0 Å². The number of hydrogen-bond donors (Lipinski definition) is 3. The van der Waals surface area contributed by atoms with Crippen LogP contribution in [0.2, 0.25) is 60.3 Å². The Morgan fingerprint density at radius 3 is 1.38 bits per heavy atom. The zero-order chi connectivity index (χ0) is 69.0. The molecule has 6 aromatic rings. The van der Waals surface area contributed by atoms with Crippen LogP contribution in [0.25, 0.3) is 0 Å². The highest BCUT2D eigenvalue weighted by Crippen LogP contribution is 2.37. The summed E-state index contributed by atoms with van der Waals surface area (Å²) < 4.78 is 9.14. The average Bonchev–Trinajstić information content (AvgIpc) is 1.65. The van der Waals surface area contributed by atoms with Crippen molar-refractivity contribution >= 4 is 215 Å². The van der Waals surface area contributed by atoms with Gasteiger partial charge < -0.3 is 34.4 Å². The number of rotatable bonds is 7. The number of carbonyl (C=O) groups excluding carboxylic acids is 8. The van der Waals surface area contributed by atoms with Crippen molar-refractivity contribution in [2.24, 2.45) is 10.2 Å². The van der Waals surface area contributed by atoms with Crippen molar-refractivity contribution in [2.45, 2.75) is 52.5 Å². The number of amidine groups is 2. The number of nitrogens with zero attached hydrogens (tertiary/aromatic N) is 7. The Hall–Kier alpha value is -6.41. The Labute approximate surface area is 608 Å². The highest BCUT2D eigenvalue weighted by molar-refractivity contribution is 7.80. The van der Waals surface area contributed by atoms with E-state index in [1.54, 1.807) is 46.3 Å². The fourth-order valence-electron chi connectivity index (χ4n) is 10.3. The first-order valence-electron chi connectivity index (χ1n) is 28.1.